The number of hydrogen-bond donors (Lipinski definition) is 0. The van der Waals surface area contributed by atoms with Crippen molar-refractivity contribution < 1.29 is 19.1 Å². The SMILES string of the molecule is CC1O[C@@H](C(=O)N(C)C)[C@H](C(=O)N(C)C)O1. The van der Waals surface area contributed by atoms with Crippen molar-refractivity contribution in [2.24, 2.45) is 0 Å². The maximum Gasteiger partial charge on any atom is 0.254 e. The predicted octanol–water partition coefficient (Wildman–Crippen LogP) is -0.707. The number of carbonyl (C=O) groups excluding carboxylic acids is 2. The summed E-state index contributed by atoms with van der Waals surface area (Å²) in [5, 5.41) is 0. The van der Waals surface area contributed by atoms with Gasteiger partial charge in [-0.3, -0.25) is 9.59 Å². The minimum absolute atomic E-state index is 0.260. The number of likely N-dealkylation sites (N-methyl/N-ethyl adjacent to an activating group) is 2. The summed E-state index contributed by atoms with van der Waals surface area (Å²) >= 11 is 0. The highest BCUT2D eigenvalue weighted by atomic mass is 16.7. The van der Waals surface area contributed by atoms with Crippen LogP contribution in [0.5, 0.6) is 0 Å². The van der Waals surface area contributed by atoms with Crippen molar-refractivity contribution >= 4 is 11.8 Å². The highest BCUT2D eigenvalue weighted by Gasteiger charge is 2.44. The van der Waals surface area contributed by atoms with E-state index in [1.807, 2.05) is 0 Å². The van der Waals surface area contributed by atoms with E-state index in [4.69, 9.17) is 9.47 Å². The molecule has 92 valence electrons. The van der Waals surface area contributed by atoms with Crippen LogP contribution in [0.25, 0.3) is 0 Å². The topological polar surface area (TPSA) is 59.1 Å². The maximum atomic E-state index is 11.8. The Labute approximate surface area is 95.1 Å². The Balaban J connectivity index is 2.82. The Kier molecular flexibility index (Phi) is 3.88. The summed E-state index contributed by atoms with van der Waals surface area (Å²) in [7, 11) is 6.47. The zero-order valence-corrected chi connectivity index (χ0v) is 10.3. The molecule has 0 bridgehead atoms. The Bertz CT molecular complexity index is 263. The molecule has 0 saturated carbocycles. The van der Waals surface area contributed by atoms with Crippen molar-refractivity contribution in [1.82, 2.24) is 9.80 Å². The van der Waals surface area contributed by atoms with Crippen LogP contribution in [-0.4, -0.2) is 68.3 Å². The van der Waals surface area contributed by atoms with Gasteiger partial charge in [0.15, 0.2) is 18.5 Å². The van der Waals surface area contributed by atoms with Crippen LogP contribution in [0.2, 0.25) is 0 Å². The van der Waals surface area contributed by atoms with Crippen LogP contribution < -0.4 is 0 Å². The van der Waals surface area contributed by atoms with Gasteiger partial charge in [0.1, 0.15) is 0 Å². The largest absolute Gasteiger partial charge is 0.346 e. The summed E-state index contributed by atoms with van der Waals surface area (Å²) in [5.41, 5.74) is 0. The van der Waals surface area contributed by atoms with Crippen LogP contribution in [0.3, 0.4) is 0 Å². The smallest absolute Gasteiger partial charge is 0.254 e. The summed E-state index contributed by atoms with van der Waals surface area (Å²) in [5.74, 6) is -0.519. The zero-order chi connectivity index (χ0) is 12.5. The molecule has 2 atom stereocenters. The van der Waals surface area contributed by atoms with Crippen molar-refractivity contribution in [3.8, 4) is 0 Å². The van der Waals surface area contributed by atoms with Gasteiger partial charge in [0.05, 0.1) is 0 Å². The van der Waals surface area contributed by atoms with Crippen LogP contribution >= 0.6 is 0 Å². The van der Waals surface area contributed by atoms with E-state index >= 15 is 0 Å². The fourth-order valence-electron chi connectivity index (χ4n) is 1.47. The van der Waals surface area contributed by atoms with Gasteiger partial charge in [-0.1, -0.05) is 0 Å². The molecule has 0 aliphatic carbocycles. The van der Waals surface area contributed by atoms with Gasteiger partial charge in [0.25, 0.3) is 11.8 Å². The first-order valence-corrected chi connectivity index (χ1v) is 5.08. The maximum absolute atomic E-state index is 11.8. The normalized spacial score (nSPS) is 25.6. The first-order valence-electron chi connectivity index (χ1n) is 5.08. The van der Waals surface area contributed by atoms with Gasteiger partial charge in [0, 0.05) is 28.2 Å². The number of amides is 2. The molecule has 1 saturated heterocycles. The van der Waals surface area contributed by atoms with Crippen molar-refractivity contribution in [2.75, 3.05) is 28.2 Å². The minimum atomic E-state index is -0.847. The molecule has 0 aromatic carbocycles. The summed E-state index contributed by atoms with van der Waals surface area (Å²) in [6, 6.07) is 0. The van der Waals surface area contributed by atoms with Crippen LogP contribution in [-0.2, 0) is 19.1 Å². The van der Waals surface area contributed by atoms with Crippen molar-refractivity contribution in [3.63, 3.8) is 0 Å². The first-order chi connectivity index (χ1) is 7.34. The number of nitrogens with zero attached hydrogens (tertiary/aromatic N) is 2. The van der Waals surface area contributed by atoms with Gasteiger partial charge in [-0.25, -0.2) is 0 Å². The van der Waals surface area contributed by atoms with Gasteiger partial charge in [0.2, 0.25) is 0 Å². The monoisotopic (exact) mass is 230 g/mol. The molecule has 0 radical (unpaired) electrons. The first kappa shape index (κ1) is 12.9. The highest BCUT2D eigenvalue weighted by Crippen LogP contribution is 2.21. The lowest BCUT2D eigenvalue weighted by atomic mass is 10.1. The Morgan fingerprint density at radius 1 is 0.875 bits per heavy atom. The van der Waals surface area contributed by atoms with Crippen LogP contribution in [0.15, 0.2) is 0 Å². The average molecular weight is 230 g/mol. The number of hydrogen-bond acceptors (Lipinski definition) is 4. The standard InChI is InChI=1S/C10H18N2O4/c1-6-15-7(9(13)11(2)3)8(16-6)10(14)12(4)5/h6-8H,1-5H3/t7-,8-/m1/s1. The van der Waals surface area contributed by atoms with E-state index in [1.54, 1.807) is 35.1 Å². The molecule has 1 rings (SSSR count). The fraction of sp³-hybridized carbons (Fsp3) is 0.800. The van der Waals surface area contributed by atoms with Gasteiger partial charge in [-0.15, -0.1) is 0 Å². The lowest BCUT2D eigenvalue weighted by Gasteiger charge is -2.21. The van der Waals surface area contributed by atoms with Crippen molar-refractivity contribution in [3.05, 3.63) is 0 Å². The molecular weight excluding hydrogens is 212 g/mol. The third-order valence-electron chi connectivity index (χ3n) is 2.32. The van der Waals surface area contributed by atoms with E-state index in [9.17, 15) is 9.59 Å². The van der Waals surface area contributed by atoms with Gasteiger partial charge >= 0.3 is 0 Å². The van der Waals surface area contributed by atoms with E-state index in [2.05, 4.69) is 0 Å². The van der Waals surface area contributed by atoms with Crippen molar-refractivity contribution in [2.45, 2.75) is 25.4 Å². The number of rotatable bonds is 2. The van der Waals surface area contributed by atoms with Crippen molar-refractivity contribution in [1.29, 1.82) is 0 Å². The van der Waals surface area contributed by atoms with Gasteiger partial charge < -0.3 is 19.3 Å². The van der Waals surface area contributed by atoms with Gasteiger partial charge in [-0.2, -0.15) is 0 Å². The molecule has 1 heterocycles. The molecule has 0 aromatic heterocycles. The van der Waals surface area contributed by atoms with E-state index in [1.165, 1.54) is 9.80 Å². The summed E-state index contributed by atoms with van der Waals surface area (Å²) in [4.78, 5) is 26.3. The molecule has 0 unspecified atom stereocenters. The number of ether oxygens (including phenoxy) is 2. The molecule has 0 aromatic rings. The molecule has 2 amide bonds. The molecule has 16 heavy (non-hydrogen) atoms. The second kappa shape index (κ2) is 4.80. The molecule has 6 nitrogen and oxygen atoms in total. The van der Waals surface area contributed by atoms with E-state index < -0.39 is 18.5 Å². The van der Waals surface area contributed by atoms with E-state index in [-0.39, 0.29) is 11.8 Å². The van der Waals surface area contributed by atoms with E-state index in [0.717, 1.165) is 0 Å². The summed E-state index contributed by atoms with van der Waals surface area (Å²) in [6.07, 6.45) is -2.23. The summed E-state index contributed by atoms with van der Waals surface area (Å²) in [6.45, 7) is 1.67. The highest BCUT2D eigenvalue weighted by molar-refractivity contribution is 5.91. The predicted molar refractivity (Wildman–Crippen MR) is 56.6 cm³/mol. The lowest BCUT2D eigenvalue weighted by Crippen LogP contribution is -2.47. The van der Waals surface area contributed by atoms with Gasteiger partial charge in [-0.05, 0) is 6.92 Å². The second-order valence-electron chi connectivity index (χ2n) is 4.15. The number of carbonyl (C=O) groups is 2. The second-order valence-corrected chi connectivity index (χ2v) is 4.15. The van der Waals surface area contributed by atoms with E-state index in [0.29, 0.717) is 0 Å². The third-order valence-corrected chi connectivity index (χ3v) is 2.32. The fourth-order valence-corrected chi connectivity index (χ4v) is 1.47. The zero-order valence-electron chi connectivity index (χ0n) is 10.3. The molecule has 6 heteroatoms. The quantitative estimate of drug-likeness (QED) is 0.629. The molecular formula is C10H18N2O4. The van der Waals surface area contributed by atoms with Crippen LogP contribution in [0, 0.1) is 0 Å². The van der Waals surface area contributed by atoms with Crippen LogP contribution in [0.4, 0.5) is 0 Å². The molecule has 1 aliphatic heterocycles. The molecule has 1 aliphatic rings. The lowest BCUT2D eigenvalue weighted by molar-refractivity contribution is -0.146. The Hall–Kier alpha value is -1.14. The van der Waals surface area contributed by atoms with Crippen LogP contribution in [0.1, 0.15) is 6.92 Å². The molecule has 0 spiro atoms. The third kappa shape index (κ3) is 2.51. The minimum Gasteiger partial charge on any atom is -0.346 e. The molecule has 0 N–H and O–H groups in total. The Morgan fingerprint density at radius 3 is 1.44 bits per heavy atom. The summed E-state index contributed by atoms with van der Waals surface area (Å²) < 4.78 is 10.6. The molecule has 1 fully saturated rings. The Morgan fingerprint density at radius 2 is 1.19 bits per heavy atom. The average Bonchev–Trinajstić information content (AvgIpc) is 2.57.